The zero-order chi connectivity index (χ0) is 16.8. The summed E-state index contributed by atoms with van der Waals surface area (Å²) in [7, 11) is 2.97. The van der Waals surface area contributed by atoms with Gasteiger partial charge in [0.25, 0.3) is 0 Å². The van der Waals surface area contributed by atoms with Gasteiger partial charge in [-0.1, -0.05) is 19.1 Å². The van der Waals surface area contributed by atoms with Crippen LogP contribution in [-0.2, 0) is 25.5 Å². The van der Waals surface area contributed by atoms with Crippen molar-refractivity contribution >= 4 is 11.8 Å². The van der Waals surface area contributed by atoms with Gasteiger partial charge in [-0.25, -0.2) is 0 Å². The summed E-state index contributed by atoms with van der Waals surface area (Å²) in [6.45, 7) is 3.18. The fraction of sp³-hybridized carbons (Fsp3) is 0.556. The van der Waals surface area contributed by atoms with Crippen molar-refractivity contribution < 1.29 is 23.8 Å². The van der Waals surface area contributed by atoms with E-state index in [1.807, 2.05) is 31.2 Å². The van der Waals surface area contributed by atoms with Crippen molar-refractivity contribution in [2.24, 2.45) is 17.8 Å². The molecule has 1 aromatic rings. The first-order valence-electron chi connectivity index (χ1n) is 7.86. The molecule has 0 aliphatic carbocycles. The van der Waals surface area contributed by atoms with Crippen LogP contribution in [0.1, 0.15) is 18.9 Å². The summed E-state index contributed by atoms with van der Waals surface area (Å²) in [6, 6.07) is 7.50. The average Bonchev–Trinajstić information content (AvgIpc) is 2.52. The number of ketones is 1. The topological polar surface area (TPSA) is 61.8 Å². The molecule has 2 atom stereocenters. The highest BCUT2D eigenvalue weighted by molar-refractivity contribution is 5.86. The number of rotatable bonds is 8. The summed E-state index contributed by atoms with van der Waals surface area (Å²) in [5, 5.41) is 0. The van der Waals surface area contributed by atoms with Gasteiger partial charge >= 0.3 is 5.97 Å². The first-order chi connectivity index (χ1) is 11.0. The molecule has 0 spiro atoms. The lowest BCUT2D eigenvalue weighted by Gasteiger charge is -2.31. The molecule has 23 heavy (non-hydrogen) atoms. The molecule has 0 unspecified atom stereocenters. The summed E-state index contributed by atoms with van der Waals surface area (Å²) in [4.78, 5) is 24.4. The number of hydrogen-bond donors (Lipinski definition) is 0. The summed E-state index contributed by atoms with van der Waals surface area (Å²) in [5.74, 6) is 0.268. The Labute approximate surface area is 136 Å². The van der Waals surface area contributed by atoms with Crippen LogP contribution in [0.3, 0.4) is 0 Å². The Morgan fingerprint density at radius 3 is 2.35 bits per heavy atom. The second-order valence-corrected chi connectivity index (χ2v) is 6.03. The molecule has 1 heterocycles. The van der Waals surface area contributed by atoms with Gasteiger partial charge in [-0.2, -0.15) is 0 Å². The maximum Gasteiger partial charge on any atom is 0.309 e. The number of methoxy groups -OCH3 is 2. The molecule has 0 saturated carbocycles. The highest BCUT2D eigenvalue weighted by atomic mass is 16.5. The van der Waals surface area contributed by atoms with Crippen LogP contribution in [0, 0.1) is 17.8 Å². The molecule has 1 aliphatic rings. The lowest BCUT2D eigenvalue weighted by Crippen LogP contribution is -2.38. The van der Waals surface area contributed by atoms with Gasteiger partial charge in [0.2, 0.25) is 0 Å². The van der Waals surface area contributed by atoms with Gasteiger partial charge in [0.1, 0.15) is 11.5 Å². The van der Waals surface area contributed by atoms with E-state index in [9.17, 15) is 9.59 Å². The molecule has 1 fully saturated rings. The first-order valence-corrected chi connectivity index (χ1v) is 7.86. The number of carbonyl (C=O) groups excluding carboxylic acids is 2. The normalized spacial score (nSPS) is 17.0. The minimum absolute atomic E-state index is 0.0771. The van der Waals surface area contributed by atoms with E-state index < -0.39 is 5.92 Å². The number of carbonyl (C=O) groups is 2. The zero-order valence-corrected chi connectivity index (χ0v) is 13.9. The second-order valence-electron chi connectivity index (χ2n) is 6.03. The molecular weight excluding hydrogens is 296 g/mol. The third kappa shape index (κ3) is 4.55. The molecule has 1 saturated heterocycles. The van der Waals surface area contributed by atoms with E-state index in [-0.39, 0.29) is 30.0 Å². The summed E-state index contributed by atoms with van der Waals surface area (Å²) in [5.41, 5.74) is 0.980. The number of ether oxygens (including phenoxy) is 3. The van der Waals surface area contributed by atoms with Crippen LogP contribution in [0.5, 0.6) is 5.75 Å². The molecule has 2 rings (SSSR count). The molecule has 0 amide bonds. The van der Waals surface area contributed by atoms with E-state index in [1.54, 1.807) is 7.11 Å². The largest absolute Gasteiger partial charge is 0.497 e. The predicted molar refractivity (Wildman–Crippen MR) is 85.3 cm³/mol. The summed E-state index contributed by atoms with van der Waals surface area (Å²) in [6.07, 6.45) is 0.687. The average molecular weight is 320 g/mol. The van der Waals surface area contributed by atoms with Crippen molar-refractivity contribution in [3.05, 3.63) is 29.8 Å². The van der Waals surface area contributed by atoms with E-state index in [1.165, 1.54) is 7.11 Å². The third-order valence-corrected chi connectivity index (χ3v) is 4.50. The van der Waals surface area contributed by atoms with E-state index >= 15 is 0 Å². The van der Waals surface area contributed by atoms with Crippen LogP contribution in [-0.4, -0.2) is 39.2 Å². The Morgan fingerprint density at radius 1 is 1.22 bits per heavy atom. The maximum atomic E-state index is 12.4. The molecule has 5 heteroatoms. The van der Waals surface area contributed by atoms with Crippen LogP contribution in [0.2, 0.25) is 0 Å². The van der Waals surface area contributed by atoms with E-state index in [0.717, 1.165) is 11.3 Å². The van der Waals surface area contributed by atoms with Gasteiger partial charge in [-0.05, 0) is 24.1 Å². The van der Waals surface area contributed by atoms with Gasteiger partial charge in [0, 0.05) is 18.3 Å². The van der Waals surface area contributed by atoms with Crippen molar-refractivity contribution in [3.8, 4) is 5.75 Å². The molecular formula is C18H24O5. The number of esters is 1. The Kier molecular flexibility index (Phi) is 6.16. The molecule has 5 nitrogen and oxygen atoms in total. The van der Waals surface area contributed by atoms with E-state index in [0.29, 0.717) is 19.6 Å². The third-order valence-electron chi connectivity index (χ3n) is 4.50. The van der Waals surface area contributed by atoms with Crippen molar-refractivity contribution in [2.45, 2.75) is 19.8 Å². The smallest absolute Gasteiger partial charge is 0.309 e. The van der Waals surface area contributed by atoms with Gasteiger partial charge in [-0.15, -0.1) is 0 Å². The molecule has 0 bridgehead atoms. The minimum Gasteiger partial charge on any atom is -0.497 e. The molecule has 0 aromatic heterocycles. The van der Waals surface area contributed by atoms with E-state index in [2.05, 4.69) is 0 Å². The fourth-order valence-corrected chi connectivity index (χ4v) is 2.69. The second kappa shape index (κ2) is 8.11. The highest BCUT2D eigenvalue weighted by Gasteiger charge is 2.32. The fourth-order valence-electron chi connectivity index (χ4n) is 2.69. The Balaban J connectivity index is 2.00. The molecule has 126 valence electrons. The zero-order valence-electron chi connectivity index (χ0n) is 13.9. The predicted octanol–water partition coefficient (Wildman–Crippen LogP) is 2.27. The van der Waals surface area contributed by atoms with Crippen LogP contribution in [0.4, 0.5) is 0 Å². The van der Waals surface area contributed by atoms with Gasteiger partial charge in [0.05, 0.1) is 33.4 Å². The molecule has 0 radical (unpaired) electrons. The summed E-state index contributed by atoms with van der Waals surface area (Å²) < 4.78 is 15.1. The lowest BCUT2D eigenvalue weighted by atomic mass is 9.83. The molecule has 1 aliphatic heterocycles. The number of benzene rings is 1. The first kappa shape index (κ1) is 17.5. The van der Waals surface area contributed by atoms with Crippen molar-refractivity contribution in [3.63, 3.8) is 0 Å². The van der Waals surface area contributed by atoms with E-state index in [4.69, 9.17) is 14.2 Å². The number of Topliss-reactive ketones (excluding diaryl/α,β-unsaturated/α-hetero) is 1. The monoisotopic (exact) mass is 320 g/mol. The lowest BCUT2D eigenvalue weighted by molar-refractivity contribution is -0.148. The maximum absolute atomic E-state index is 12.4. The Hall–Kier alpha value is -1.88. The van der Waals surface area contributed by atoms with Crippen LogP contribution >= 0.6 is 0 Å². The van der Waals surface area contributed by atoms with Gasteiger partial charge in [0.15, 0.2) is 0 Å². The van der Waals surface area contributed by atoms with Gasteiger partial charge < -0.3 is 14.2 Å². The quantitative estimate of drug-likeness (QED) is 0.688. The highest BCUT2D eigenvalue weighted by Crippen LogP contribution is 2.25. The van der Waals surface area contributed by atoms with Crippen LogP contribution in [0.15, 0.2) is 24.3 Å². The SMILES string of the molecule is COC(=O)[C@@H](CC(=O)[C@@H](C)C1COC1)Cc1ccc(OC)cc1. The molecule has 1 aromatic carbocycles. The van der Waals surface area contributed by atoms with Crippen molar-refractivity contribution in [2.75, 3.05) is 27.4 Å². The standard InChI is InChI=1S/C18H24O5/c1-12(15-10-23-11-15)17(19)9-14(18(20)22-3)8-13-4-6-16(21-2)7-5-13/h4-7,12,14-15H,8-11H2,1-3H3/t12-,14+/m0/s1. The Bertz CT molecular complexity index is 533. The summed E-state index contributed by atoms with van der Waals surface area (Å²) >= 11 is 0. The van der Waals surface area contributed by atoms with Crippen LogP contribution in [0.25, 0.3) is 0 Å². The molecule has 0 N–H and O–H groups in total. The van der Waals surface area contributed by atoms with Crippen molar-refractivity contribution in [1.29, 1.82) is 0 Å². The number of hydrogen-bond acceptors (Lipinski definition) is 5. The Morgan fingerprint density at radius 2 is 1.87 bits per heavy atom. The van der Waals surface area contributed by atoms with Crippen LogP contribution < -0.4 is 4.74 Å². The van der Waals surface area contributed by atoms with Gasteiger partial charge in [-0.3, -0.25) is 9.59 Å². The van der Waals surface area contributed by atoms with Crippen molar-refractivity contribution in [1.82, 2.24) is 0 Å². The minimum atomic E-state index is -0.454.